The van der Waals surface area contributed by atoms with Gasteiger partial charge in [0.25, 0.3) is 5.91 Å². The Balaban J connectivity index is 1.33. The number of carbonyl (C=O) groups is 2. The van der Waals surface area contributed by atoms with Gasteiger partial charge in [-0.1, -0.05) is 6.07 Å². The fourth-order valence-electron chi connectivity index (χ4n) is 4.03. The highest BCUT2D eigenvalue weighted by molar-refractivity contribution is 6.06. The molecule has 7 nitrogen and oxygen atoms in total. The summed E-state index contributed by atoms with van der Waals surface area (Å²) in [6.07, 6.45) is 4.04. The van der Waals surface area contributed by atoms with Crippen LogP contribution in [0.25, 0.3) is 11.0 Å². The number of fused-ring (bicyclic) bond motifs is 1. The van der Waals surface area contributed by atoms with Crippen molar-refractivity contribution in [1.29, 1.82) is 5.26 Å². The molecule has 3 heterocycles. The number of hydrogen-bond acceptors (Lipinski definition) is 5. The molecule has 2 aromatic rings. The minimum atomic E-state index is -0.286. The minimum absolute atomic E-state index is 0.00851. The maximum Gasteiger partial charge on any atom is 0.252 e. The third kappa shape index (κ3) is 3.53. The van der Waals surface area contributed by atoms with E-state index in [1.165, 1.54) is 0 Å². The fourth-order valence-corrected chi connectivity index (χ4v) is 4.03. The lowest BCUT2D eigenvalue weighted by Crippen LogP contribution is -2.43. The number of furan rings is 1. The summed E-state index contributed by atoms with van der Waals surface area (Å²) in [4.78, 5) is 28.9. The molecule has 4 rings (SSSR count). The van der Waals surface area contributed by atoms with Crippen LogP contribution in [-0.4, -0.2) is 59.9 Å². The second-order valence-electron chi connectivity index (χ2n) is 7.21. The molecule has 0 bridgehead atoms. The minimum Gasteiger partial charge on any atom is -0.464 e. The summed E-state index contributed by atoms with van der Waals surface area (Å²) in [6.45, 7) is 2.38. The molecule has 27 heavy (non-hydrogen) atoms. The molecule has 2 aliphatic rings. The summed E-state index contributed by atoms with van der Waals surface area (Å²) < 4.78 is 5.35. The molecule has 140 valence electrons. The van der Waals surface area contributed by atoms with Gasteiger partial charge in [0.2, 0.25) is 5.91 Å². The molecular weight excluding hydrogens is 344 g/mol. The second-order valence-corrected chi connectivity index (χ2v) is 7.21. The second kappa shape index (κ2) is 7.41. The highest BCUT2D eigenvalue weighted by Gasteiger charge is 2.32. The zero-order valence-electron chi connectivity index (χ0n) is 15.1. The monoisotopic (exact) mass is 366 g/mol. The highest BCUT2D eigenvalue weighted by Crippen LogP contribution is 2.21. The van der Waals surface area contributed by atoms with Crippen LogP contribution in [0.5, 0.6) is 0 Å². The molecule has 1 aromatic carbocycles. The SMILES string of the molecule is N#C[C@@H]1CCCN1C(=O)CN1CC[C@H](NC(=O)c2cccc3occc23)C1. The van der Waals surface area contributed by atoms with E-state index < -0.39 is 0 Å². The largest absolute Gasteiger partial charge is 0.464 e. The highest BCUT2D eigenvalue weighted by atomic mass is 16.3. The molecule has 0 spiro atoms. The van der Waals surface area contributed by atoms with Crippen LogP contribution in [-0.2, 0) is 4.79 Å². The molecule has 0 unspecified atom stereocenters. The summed E-state index contributed by atoms with van der Waals surface area (Å²) >= 11 is 0. The predicted octanol–water partition coefficient (Wildman–Crippen LogP) is 1.75. The average Bonchev–Trinajstić information content (AvgIpc) is 3.41. The number of nitrogens with zero attached hydrogens (tertiary/aromatic N) is 3. The zero-order valence-corrected chi connectivity index (χ0v) is 15.1. The molecule has 0 saturated carbocycles. The Bertz CT molecular complexity index is 900. The van der Waals surface area contributed by atoms with Crippen molar-refractivity contribution < 1.29 is 14.0 Å². The number of likely N-dealkylation sites (tertiary alicyclic amines) is 2. The topological polar surface area (TPSA) is 89.6 Å². The predicted molar refractivity (Wildman–Crippen MR) is 98.9 cm³/mol. The Labute approximate surface area is 157 Å². The molecule has 1 aromatic heterocycles. The van der Waals surface area contributed by atoms with Gasteiger partial charge in [-0.05, 0) is 37.5 Å². The smallest absolute Gasteiger partial charge is 0.252 e. The first-order valence-electron chi connectivity index (χ1n) is 9.34. The van der Waals surface area contributed by atoms with E-state index in [0.29, 0.717) is 30.8 Å². The van der Waals surface area contributed by atoms with E-state index in [1.807, 2.05) is 12.1 Å². The lowest BCUT2D eigenvalue weighted by molar-refractivity contribution is -0.132. The number of amides is 2. The summed E-state index contributed by atoms with van der Waals surface area (Å²) in [7, 11) is 0. The normalized spacial score (nSPS) is 22.9. The number of rotatable bonds is 4. The Morgan fingerprint density at radius 2 is 2.15 bits per heavy atom. The van der Waals surface area contributed by atoms with Crippen LogP contribution >= 0.6 is 0 Å². The molecule has 2 saturated heterocycles. The first kappa shape index (κ1) is 17.6. The zero-order chi connectivity index (χ0) is 18.8. The Morgan fingerprint density at radius 1 is 1.26 bits per heavy atom. The van der Waals surface area contributed by atoms with Crippen molar-refractivity contribution in [3.05, 3.63) is 36.1 Å². The van der Waals surface area contributed by atoms with E-state index in [2.05, 4.69) is 16.3 Å². The molecule has 2 aliphatic heterocycles. The van der Waals surface area contributed by atoms with Crippen molar-refractivity contribution in [1.82, 2.24) is 15.1 Å². The van der Waals surface area contributed by atoms with Crippen LogP contribution in [0.3, 0.4) is 0 Å². The molecule has 2 amide bonds. The molecule has 1 N–H and O–H groups in total. The van der Waals surface area contributed by atoms with Crippen molar-refractivity contribution >= 4 is 22.8 Å². The first-order chi connectivity index (χ1) is 13.2. The molecule has 7 heteroatoms. The fraction of sp³-hybridized carbons (Fsp3) is 0.450. The third-order valence-corrected chi connectivity index (χ3v) is 5.43. The van der Waals surface area contributed by atoms with Crippen LogP contribution < -0.4 is 5.32 Å². The van der Waals surface area contributed by atoms with Crippen LogP contribution in [0.4, 0.5) is 0 Å². The van der Waals surface area contributed by atoms with Gasteiger partial charge in [0.05, 0.1) is 24.4 Å². The van der Waals surface area contributed by atoms with Crippen molar-refractivity contribution in [2.24, 2.45) is 0 Å². The number of benzene rings is 1. The van der Waals surface area contributed by atoms with Crippen molar-refractivity contribution in [3.63, 3.8) is 0 Å². The van der Waals surface area contributed by atoms with Gasteiger partial charge in [-0.15, -0.1) is 0 Å². The molecule has 2 fully saturated rings. The molecule has 2 atom stereocenters. The van der Waals surface area contributed by atoms with Gasteiger partial charge in [0, 0.05) is 31.1 Å². The van der Waals surface area contributed by atoms with E-state index in [-0.39, 0.29) is 23.9 Å². The van der Waals surface area contributed by atoms with Gasteiger partial charge in [-0.25, -0.2) is 0 Å². The molecular formula is C20H22N4O3. The Morgan fingerprint density at radius 3 is 3.00 bits per heavy atom. The van der Waals surface area contributed by atoms with Gasteiger partial charge in [-0.2, -0.15) is 5.26 Å². The maximum absolute atomic E-state index is 12.6. The van der Waals surface area contributed by atoms with E-state index in [9.17, 15) is 9.59 Å². The molecule has 0 aliphatic carbocycles. The Hall–Kier alpha value is -2.85. The maximum atomic E-state index is 12.6. The summed E-state index contributed by atoms with van der Waals surface area (Å²) in [5, 5.41) is 13.0. The van der Waals surface area contributed by atoms with Gasteiger partial charge < -0.3 is 14.6 Å². The number of carbonyl (C=O) groups excluding carboxylic acids is 2. The third-order valence-electron chi connectivity index (χ3n) is 5.43. The van der Waals surface area contributed by atoms with Crippen molar-refractivity contribution in [3.8, 4) is 6.07 Å². The van der Waals surface area contributed by atoms with E-state index in [1.54, 1.807) is 23.3 Å². The van der Waals surface area contributed by atoms with E-state index in [0.717, 1.165) is 31.2 Å². The van der Waals surface area contributed by atoms with Crippen LogP contribution in [0.15, 0.2) is 34.9 Å². The summed E-state index contributed by atoms with van der Waals surface area (Å²) in [5.41, 5.74) is 1.30. The Kier molecular flexibility index (Phi) is 4.82. The van der Waals surface area contributed by atoms with E-state index >= 15 is 0 Å². The number of nitriles is 1. The quantitative estimate of drug-likeness (QED) is 0.890. The van der Waals surface area contributed by atoms with Gasteiger partial charge in [-0.3, -0.25) is 14.5 Å². The summed E-state index contributed by atoms with van der Waals surface area (Å²) in [6, 6.07) is 9.16. The van der Waals surface area contributed by atoms with Crippen LogP contribution in [0, 0.1) is 11.3 Å². The lowest BCUT2D eigenvalue weighted by Gasteiger charge is -2.23. The first-order valence-corrected chi connectivity index (χ1v) is 9.34. The number of hydrogen-bond donors (Lipinski definition) is 1. The number of nitrogens with one attached hydrogen (secondary N) is 1. The van der Waals surface area contributed by atoms with Crippen LogP contribution in [0.1, 0.15) is 29.6 Å². The van der Waals surface area contributed by atoms with E-state index in [4.69, 9.17) is 9.68 Å². The van der Waals surface area contributed by atoms with Crippen molar-refractivity contribution in [2.45, 2.75) is 31.3 Å². The van der Waals surface area contributed by atoms with Gasteiger partial charge >= 0.3 is 0 Å². The van der Waals surface area contributed by atoms with Gasteiger partial charge in [0.15, 0.2) is 0 Å². The summed E-state index contributed by atoms with van der Waals surface area (Å²) in [5.74, 6) is -0.113. The molecule has 0 radical (unpaired) electrons. The lowest BCUT2D eigenvalue weighted by atomic mass is 10.1. The van der Waals surface area contributed by atoms with Gasteiger partial charge in [0.1, 0.15) is 11.6 Å². The standard InChI is InChI=1S/C20H22N4O3/c21-11-15-3-2-8-24(15)19(25)13-23-9-6-14(12-23)22-20(26)17-4-1-5-18-16(17)7-10-27-18/h1,4-5,7,10,14-15H,2-3,6,8-9,12-13H2,(H,22,26)/t14-,15-/m0/s1. The van der Waals surface area contributed by atoms with Crippen molar-refractivity contribution in [2.75, 3.05) is 26.2 Å². The van der Waals surface area contributed by atoms with Crippen LogP contribution in [0.2, 0.25) is 0 Å². The average molecular weight is 366 g/mol.